The average molecular weight is 311 g/mol. The van der Waals surface area contributed by atoms with E-state index in [0.717, 1.165) is 17.0 Å². The van der Waals surface area contributed by atoms with Crippen molar-refractivity contribution >= 4 is 11.6 Å². The molecule has 1 aromatic carbocycles. The molecule has 0 aliphatic carbocycles. The maximum absolute atomic E-state index is 5.74. The van der Waals surface area contributed by atoms with Gasteiger partial charge in [0.25, 0.3) is 0 Å². The van der Waals surface area contributed by atoms with E-state index in [2.05, 4.69) is 20.2 Å². The van der Waals surface area contributed by atoms with Gasteiger partial charge in [-0.05, 0) is 5.56 Å². The van der Waals surface area contributed by atoms with E-state index in [4.69, 9.17) is 16.3 Å². The van der Waals surface area contributed by atoms with Crippen molar-refractivity contribution in [2.45, 2.75) is 6.61 Å². The number of H-pyrrole nitrogens is 1. The van der Waals surface area contributed by atoms with Gasteiger partial charge in [0.2, 0.25) is 0 Å². The van der Waals surface area contributed by atoms with Crippen molar-refractivity contribution in [2.24, 2.45) is 0 Å². The van der Waals surface area contributed by atoms with Gasteiger partial charge in [0, 0.05) is 24.0 Å². The number of halogens is 1. The minimum absolute atomic E-state index is 0. The minimum atomic E-state index is 0. The van der Waals surface area contributed by atoms with Gasteiger partial charge in [-0.15, -0.1) is 5.10 Å². The molecule has 1 N–H and O–H groups in total. The zero-order valence-electron chi connectivity index (χ0n) is 12.5. The molecule has 0 aliphatic heterocycles. The minimum Gasteiger partial charge on any atom is -1.00 e. The van der Waals surface area contributed by atoms with Gasteiger partial charge in [0.15, 0.2) is 5.15 Å². The van der Waals surface area contributed by atoms with Crippen molar-refractivity contribution < 1.29 is 35.7 Å². The molecule has 102 valence electrons. The molecule has 7 heteroatoms. The SMILES string of the molecule is Clc1cc(OCc2ccc(-c3ncc[nH]3)cc2)cnn1.[H-].[Na+]. The molecule has 0 saturated carbocycles. The molecule has 0 bridgehead atoms. The van der Waals surface area contributed by atoms with Crippen LogP contribution >= 0.6 is 11.6 Å². The van der Waals surface area contributed by atoms with Crippen molar-refractivity contribution in [3.63, 3.8) is 0 Å². The van der Waals surface area contributed by atoms with Crippen LogP contribution in [0.1, 0.15) is 6.99 Å². The summed E-state index contributed by atoms with van der Waals surface area (Å²) in [5, 5.41) is 7.70. The molecule has 3 aromatic rings. The van der Waals surface area contributed by atoms with Gasteiger partial charge in [0.05, 0.1) is 6.20 Å². The van der Waals surface area contributed by atoms with Crippen molar-refractivity contribution in [3.05, 3.63) is 59.6 Å². The fraction of sp³-hybridized carbons (Fsp3) is 0.0714. The monoisotopic (exact) mass is 310 g/mol. The maximum atomic E-state index is 5.74. The molecule has 0 spiro atoms. The molecule has 0 atom stereocenters. The fourth-order valence-electron chi connectivity index (χ4n) is 1.75. The number of nitrogens with zero attached hydrogens (tertiary/aromatic N) is 3. The summed E-state index contributed by atoms with van der Waals surface area (Å²) < 4.78 is 5.59. The molecule has 0 aliphatic rings. The molecule has 2 heterocycles. The maximum Gasteiger partial charge on any atom is 1.00 e. The summed E-state index contributed by atoms with van der Waals surface area (Å²) in [7, 11) is 0. The van der Waals surface area contributed by atoms with Crippen LogP contribution in [-0.2, 0) is 6.61 Å². The molecule has 0 radical (unpaired) electrons. The number of ether oxygens (including phenoxy) is 1. The topological polar surface area (TPSA) is 63.7 Å². The number of rotatable bonds is 4. The predicted octanol–water partition coefficient (Wildman–Crippen LogP) is 0.216. The third-order valence-electron chi connectivity index (χ3n) is 2.73. The van der Waals surface area contributed by atoms with Crippen LogP contribution in [-0.4, -0.2) is 20.2 Å². The summed E-state index contributed by atoms with van der Waals surface area (Å²) in [5.41, 5.74) is 2.08. The van der Waals surface area contributed by atoms with E-state index in [-0.39, 0.29) is 31.0 Å². The van der Waals surface area contributed by atoms with E-state index < -0.39 is 0 Å². The number of aromatic amines is 1. The van der Waals surface area contributed by atoms with E-state index in [0.29, 0.717) is 17.5 Å². The summed E-state index contributed by atoms with van der Waals surface area (Å²) in [6.45, 7) is 0.445. The molecular weight excluding hydrogens is 299 g/mol. The van der Waals surface area contributed by atoms with Gasteiger partial charge in [-0.25, -0.2) is 4.98 Å². The van der Waals surface area contributed by atoms with Crippen LogP contribution < -0.4 is 34.3 Å². The van der Waals surface area contributed by atoms with E-state index >= 15 is 0 Å². The summed E-state index contributed by atoms with van der Waals surface area (Å²) in [6, 6.07) is 9.61. The van der Waals surface area contributed by atoms with Gasteiger partial charge in [-0.1, -0.05) is 35.9 Å². The Hall–Kier alpha value is -1.40. The number of nitrogens with one attached hydrogen (secondary N) is 1. The van der Waals surface area contributed by atoms with Crippen LogP contribution in [0.25, 0.3) is 11.4 Å². The first-order valence-electron chi connectivity index (χ1n) is 6.01. The Balaban J connectivity index is 0.00000121. The molecular formula is C14H12ClN4NaO. The molecule has 3 rings (SSSR count). The first-order chi connectivity index (χ1) is 9.81. The molecule has 2 aromatic heterocycles. The third-order valence-corrected chi connectivity index (χ3v) is 2.92. The normalized spacial score (nSPS) is 9.95. The summed E-state index contributed by atoms with van der Waals surface area (Å²) in [6.07, 6.45) is 5.06. The van der Waals surface area contributed by atoms with Crippen molar-refractivity contribution in [2.75, 3.05) is 0 Å². The van der Waals surface area contributed by atoms with E-state index in [1.165, 1.54) is 6.20 Å². The average Bonchev–Trinajstić information content (AvgIpc) is 3.00. The molecule has 21 heavy (non-hydrogen) atoms. The van der Waals surface area contributed by atoms with Crippen LogP contribution in [0.4, 0.5) is 0 Å². The molecule has 0 amide bonds. The molecule has 5 nitrogen and oxygen atoms in total. The Morgan fingerprint density at radius 2 is 2.05 bits per heavy atom. The summed E-state index contributed by atoms with van der Waals surface area (Å²) >= 11 is 5.74. The summed E-state index contributed by atoms with van der Waals surface area (Å²) in [4.78, 5) is 7.27. The fourth-order valence-corrected chi connectivity index (χ4v) is 1.90. The number of benzene rings is 1. The third kappa shape index (κ3) is 4.28. The van der Waals surface area contributed by atoms with Gasteiger partial charge in [0.1, 0.15) is 18.2 Å². The van der Waals surface area contributed by atoms with Crippen LogP contribution in [0.2, 0.25) is 5.15 Å². The first kappa shape index (κ1) is 16.0. The number of imidazole rings is 1. The Morgan fingerprint density at radius 1 is 1.24 bits per heavy atom. The zero-order chi connectivity index (χ0) is 13.8. The summed E-state index contributed by atoms with van der Waals surface area (Å²) in [5.74, 6) is 1.45. The Labute approximate surface area is 150 Å². The van der Waals surface area contributed by atoms with Gasteiger partial charge in [-0.3, -0.25) is 0 Å². The molecule has 0 fully saturated rings. The smallest absolute Gasteiger partial charge is 1.00 e. The standard InChI is InChI=1S/C14H11ClN4O.Na.H/c15-13-7-12(8-18-19-13)20-9-10-1-3-11(4-2-10)14-16-5-6-17-14;;/h1-8H,9H2,(H,16,17);;/q;+1;-1. The second kappa shape index (κ2) is 7.56. The largest absolute Gasteiger partial charge is 1.00 e. The Kier molecular flexibility index (Phi) is 5.76. The van der Waals surface area contributed by atoms with Crippen molar-refractivity contribution in [3.8, 4) is 17.1 Å². The second-order valence-corrected chi connectivity index (χ2v) is 4.52. The zero-order valence-corrected chi connectivity index (χ0v) is 14.2. The van der Waals surface area contributed by atoms with Crippen LogP contribution in [0.15, 0.2) is 48.9 Å². The Bertz CT molecular complexity index is 694. The quantitative estimate of drug-likeness (QED) is 0.700. The van der Waals surface area contributed by atoms with Gasteiger partial charge >= 0.3 is 29.6 Å². The van der Waals surface area contributed by atoms with E-state index in [1.807, 2.05) is 24.3 Å². The van der Waals surface area contributed by atoms with Crippen LogP contribution in [0.3, 0.4) is 0 Å². The molecule has 0 unspecified atom stereocenters. The number of hydrogen-bond acceptors (Lipinski definition) is 4. The van der Waals surface area contributed by atoms with Gasteiger partial charge < -0.3 is 11.1 Å². The first-order valence-corrected chi connectivity index (χ1v) is 6.39. The van der Waals surface area contributed by atoms with E-state index in [1.54, 1.807) is 18.5 Å². The number of aromatic nitrogens is 4. The van der Waals surface area contributed by atoms with Crippen LogP contribution in [0.5, 0.6) is 5.75 Å². The van der Waals surface area contributed by atoms with Crippen molar-refractivity contribution in [1.82, 2.24) is 20.2 Å². The van der Waals surface area contributed by atoms with Gasteiger partial charge in [-0.2, -0.15) is 5.10 Å². The van der Waals surface area contributed by atoms with E-state index in [9.17, 15) is 0 Å². The predicted molar refractivity (Wildman–Crippen MR) is 76.5 cm³/mol. The van der Waals surface area contributed by atoms with Crippen molar-refractivity contribution in [1.29, 1.82) is 0 Å². The molecule has 0 saturated heterocycles. The number of hydrogen-bond donors (Lipinski definition) is 1. The van der Waals surface area contributed by atoms with Crippen LogP contribution in [0, 0.1) is 0 Å². The second-order valence-electron chi connectivity index (χ2n) is 4.14. The Morgan fingerprint density at radius 3 is 2.71 bits per heavy atom.